The van der Waals surface area contributed by atoms with Crippen LogP contribution in [0, 0.1) is 0 Å². The minimum Gasteiger partial charge on any atom is -0.454 e. The summed E-state index contributed by atoms with van der Waals surface area (Å²) in [5.74, 6) is 2.17. The van der Waals surface area contributed by atoms with Crippen molar-refractivity contribution in [2.75, 3.05) is 55.9 Å². The molecule has 0 saturated carbocycles. The third-order valence-corrected chi connectivity index (χ3v) is 6.69. The summed E-state index contributed by atoms with van der Waals surface area (Å²) in [7, 11) is 0. The Morgan fingerprint density at radius 2 is 1.91 bits per heavy atom. The van der Waals surface area contributed by atoms with Gasteiger partial charge in [0.25, 0.3) is 0 Å². The molecule has 1 saturated heterocycles. The average molecular weight is 515 g/mol. The Kier molecular flexibility index (Phi) is 6.32. The topological polar surface area (TPSA) is 84.4 Å². The van der Waals surface area contributed by atoms with E-state index in [-0.39, 0.29) is 0 Å². The maximum Gasteiger partial charge on any atom is 0.321 e. The first-order valence-corrected chi connectivity index (χ1v) is 12.0. The number of halogens is 1. The predicted octanol–water partition coefficient (Wildman–Crippen LogP) is 4.41. The van der Waals surface area contributed by atoms with Crippen molar-refractivity contribution < 1.29 is 18.7 Å². The number of nitrogens with zero attached hydrogens (tertiary/aromatic N) is 3. The number of primary amides is 1. The minimum absolute atomic E-state index is 0.292. The van der Waals surface area contributed by atoms with E-state index in [1.54, 1.807) is 0 Å². The number of piperazine rings is 1. The summed E-state index contributed by atoms with van der Waals surface area (Å²) < 4.78 is 18.0. The third kappa shape index (κ3) is 4.74. The van der Waals surface area contributed by atoms with Crippen molar-refractivity contribution in [2.45, 2.75) is 12.8 Å². The van der Waals surface area contributed by atoms with Gasteiger partial charge in [-0.3, -0.25) is 9.80 Å². The number of furan rings is 1. The van der Waals surface area contributed by atoms with E-state index in [1.807, 2.05) is 36.4 Å². The fraction of sp³-hybridized carbons (Fsp3) is 0.375. The summed E-state index contributed by atoms with van der Waals surface area (Å²) >= 11 is 3.46. The quantitative estimate of drug-likeness (QED) is 0.470. The first kappa shape index (κ1) is 21.9. The van der Waals surface area contributed by atoms with Gasteiger partial charge < -0.3 is 24.5 Å². The fourth-order valence-electron chi connectivity index (χ4n) is 4.44. The number of carbonyl (C=O) groups excluding carboxylic acids is 1. The number of ether oxygens (including phenoxy) is 2. The number of rotatable bonds is 7. The van der Waals surface area contributed by atoms with E-state index in [1.165, 1.54) is 4.90 Å². The van der Waals surface area contributed by atoms with Crippen LogP contribution >= 0.6 is 15.9 Å². The zero-order valence-corrected chi connectivity index (χ0v) is 19.9. The van der Waals surface area contributed by atoms with Crippen molar-refractivity contribution in [3.63, 3.8) is 0 Å². The summed E-state index contributed by atoms with van der Waals surface area (Å²) in [6, 6.07) is 13.2. The van der Waals surface area contributed by atoms with Gasteiger partial charge in [-0.05, 0) is 49.7 Å². The highest BCUT2D eigenvalue weighted by Gasteiger charge is 2.24. The highest BCUT2D eigenvalue weighted by molar-refractivity contribution is 9.10. The van der Waals surface area contributed by atoms with E-state index in [0.29, 0.717) is 19.2 Å². The minimum atomic E-state index is -0.497. The zero-order chi connectivity index (χ0) is 22.8. The van der Waals surface area contributed by atoms with E-state index in [2.05, 4.69) is 31.8 Å². The molecule has 1 aromatic heterocycles. The second-order valence-electron chi connectivity index (χ2n) is 8.30. The number of fused-ring (bicyclic) bond motifs is 2. The largest absolute Gasteiger partial charge is 0.454 e. The van der Waals surface area contributed by atoms with E-state index < -0.39 is 6.03 Å². The molecule has 2 N–H and O–H groups in total. The molecule has 5 rings (SSSR count). The molecule has 2 aliphatic rings. The van der Waals surface area contributed by atoms with Gasteiger partial charge in [-0.15, -0.1) is 0 Å². The van der Waals surface area contributed by atoms with Crippen molar-refractivity contribution in [3.05, 3.63) is 46.9 Å². The van der Waals surface area contributed by atoms with Gasteiger partial charge >= 0.3 is 6.03 Å². The molecule has 1 fully saturated rings. The van der Waals surface area contributed by atoms with Gasteiger partial charge in [-0.25, -0.2) is 4.79 Å². The molecule has 0 spiro atoms. The second-order valence-corrected chi connectivity index (χ2v) is 9.22. The van der Waals surface area contributed by atoms with Crippen molar-refractivity contribution in [1.29, 1.82) is 0 Å². The van der Waals surface area contributed by atoms with E-state index >= 15 is 0 Å². The van der Waals surface area contributed by atoms with Crippen molar-refractivity contribution >= 4 is 44.5 Å². The fourth-order valence-corrected chi connectivity index (χ4v) is 4.82. The average Bonchev–Trinajstić information content (AvgIpc) is 3.45. The lowest BCUT2D eigenvalue weighted by Gasteiger charge is -2.36. The van der Waals surface area contributed by atoms with Gasteiger partial charge in [0, 0.05) is 48.6 Å². The molecular formula is C24H27BrN4O4. The number of amides is 2. The van der Waals surface area contributed by atoms with Crippen molar-refractivity contribution in [1.82, 2.24) is 4.90 Å². The van der Waals surface area contributed by atoms with Gasteiger partial charge in [-0.1, -0.05) is 22.0 Å². The van der Waals surface area contributed by atoms with Crippen LogP contribution in [0.1, 0.15) is 12.8 Å². The van der Waals surface area contributed by atoms with Crippen LogP contribution in [0.15, 0.2) is 51.4 Å². The van der Waals surface area contributed by atoms with E-state index in [4.69, 9.17) is 19.6 Å². The molecule has 0 aliphatic carbocycles. The maximum absolute atomic E-state index is 12.0. The molecule has 2 amide bonds. The Balaban J connectivity index is 1.10. The highest BCUT2D eigenvalue weighted by atomic mass is 79.9. The number of hydrogen-bond acceptors (Lipinski definition) is 6. The summed E-state index contributed by atoms with van der Waals surface area (Å²) in [5, 5.41) is 0.935. The molecule has 9 heteroatoms. The molecule has 0 radical (unpaired) electrons. The van der Waals surface area contributed by atoms with Crippen LogP contribution in [0.2, 0.25) is 0 Å². The molecule has 0 atom stereocenters. The summed E-state index contributed by atoms with van der Waals surface area (Å²) in [6.07, 6.45) is 1.83. The normalized spacial score (nSPS) is 15.8. The van der Waals surface area contributed by atoms with Crippen LogP contribution in [0.25, 0.3) is 11.0 Å². The zero-order valence-electron chi connectivity index (χ0n) is 18.3. The maximum atomic E-state index is 12.0. The molecule has 3 heterocycles. The van der Waals surface area contributed by atoms with Gasteiger partial charge in [0.2, 0.25) is 12.7 Å². The Hall–Kier alpha value is -2.91. The number of nitrogens with two attached hydrogens (primary N) is 1. The van der Waals surface area contributed by atoms with E-state index in [9.17, 15) is 4.79 Å². The van der Waals surface area contributed by atoms with E-state index in [0.717, 1.165) is 78.2 Å². The first-order valence-electron chi connectivity index (χ1n) is 11.2. The van der Waals surface area contributed by atoms with Crippen LogP contribution in [-0.2, 0) is 0 Å². The SMILES string of the molecule is NC(=O)N(CCCCN1CCN(c2cccc3c2OCO3)CC1)c1cc2cc(Br)ccc2o1. The lowest BCUT2D eigenvalue weighted by molar-refractivity contribution is 0.174. The molecule has 0 unspecified atom stereocenters. The predicted molar refractivity (Wildman–Crippen MR) is 131 cm³/mol. The number of carbonyl (C=O) groups is 1. The molecule has 33 heavy (non-hydrogen) atoms. The standard InChI is InChI=1S/C24H27BrN4O4/c25-18-6-7-20-17(14-18)15-22(33-20)29(24(26)30)9-2-1-8-27-10-12-28(13-11-27)19-4-3-5-21-23(19)32-16-31-21/h3-7,14-15H,1-2,8-13,16H2,(H2,26,30). The number of benzene rings is 2. The second kappa shape index (κ2) is 9.52. The Bertz CT molecular complexity index is 1140. The van der Waals surface area contributed by atoms with Crippen LogP contribution in [-0.4, -0.2) is 57.0 Å². The van der Waals surface area contributed by atoms with Crippen LogP contribution < -0.4 is 25.0 Å². The molecular weight excluding hydrogens is 488 g/mol. The lowest BCUT2D eigenvalue weighted by atomic mass is 10.2. The van der Waals surface area contributed by atoms with Crippen molar-refractivity contribution in [3.8, 4) is 11.5 Å². The van der Waals surface area contributed by atoms with Gasteiger partial charge in [0.15, 0.2) is 11.5 Å². The van der Waals surface area contributed by atoms with Crippen LogP contribution in [0.3, 0.4) is 0 Å². The Morgan fingerprint density at radius 1 is 1.06 bits per heavy atom. The first-order chi connectivity index (χ1) is 16.1. The summed E-state index contributed by atoms with van der Waals surface area (Å²) in [6.45, 7) is 5.68. The summed E-state index contributed by atoms with van der Waals surface area (Å²) in [4.78, 5) is 18.4. The Morgan fingerprint density at radius 3 is 2.73 bits per heavy atom. The molecule has 174 valence electrons. The molecule has 2 aromatic carbocycles. The monoisotopic (exact) mass is 514 g/mol. The van der Waals surface area contributed by atoms with Crippen molar-refractivity contribution in [2.24, 2.45) is 5.73 Å². The number of para-hydroxylation sites is 1. The van der Waals surface area contributed by atoms with Gasteiger partial charge in [-0.2, -0.15) is 0 Å². The number of hydrogen-bond donors (Lipinski definition) is 1. The van der Waals surface area contributed by atoms with Gasteiger partial charge in [0.05, 0.1) is 5.69 Å². The Labute approximate surface area is 200 Å². The van der Waals surface area contributed by atoms with Crippen LogP contribution in [0.4, 0.5) is 16.4 Å². The molecule has 2 aliphatic heterocycles. The van der Waals surface area contributed by atoms with Gasteiger partial charge in [0.1, 0.15) is 5.58 Å². The summed E-state index contributed by atoms with van der Waals surface area (Å²) in [5.41, 5.74) is 7.48. The smallest absolute Gasteiger partial charge is 0.321 e. The number of unbranched alkanes of at least 4 members (excludes halogenated alkanes) is 1. The third-order valence-electron chi connectivity index (χ3n) is 6.19. The highest BCUT2D eigenvalue weighted by Crippen LogP contribution is 2.41. The molecule has 8 nitrogen and oxygen atoms in total. The van der Waals surface area contributed by atoms with Crippen LogP contribution in [0.5, 0.6) is 11.5 Å². The lowest BCUT2D eigenvalue weighted by Crippen LogP contribution is -2.46. The number of urea groups is 1. The molecule has 3 aromatic rings. The number of anilines is 2. The molecule has 0 bridgehead atoms.